The molecular weight excluding hydrogens is 1840 g/mol. The summed E-state index contributed by atoms with van der Waals surface area (Å²) >= 11 is 0. The predicted molar refractivity (Wildman–Crippen MR) is 529 cm³/mol. The predicted octanol–water partition coefficient (Wildman–Crippen LogP) is 21.4. The number of nitrogens with zero attached hydrogens (tertiary/aromatic N) is 8. The van der Waals surface area contributed by atoms with Crippen LogP contribution in [0, 0.1) is 65.8 Å². The van der Waals surface area contributed by atoms with Gasteiger partial charge in [-0.25, -0.2) is 0 Å². The molecule has 1 heterocycles. The lowest BCUT2D eigenvalue weighted by molar-refractivity contribution is -0.395. The standard InChI is InChI=1S/C16H14N2O3.C15H14O.C14H4N6O8.C14H8O4.C14H8O3.C14H8O2.C13H8O.C13H10O/c1-20-14-7-3-6-13(9-14)16-18-17-15(21-16)12-5-2-4-11(8-12)10-19;1-11-3-7-13(8-4-11)15(16)14-9-5-12(2)6-10-14;15-5-16-14-8-1-6(17(21)22)3-10(19(25)26)12(8)13-9(14)2-7(18(23)24)4-11(13)20(27)28;15-10-6-5-9-11(14(10)18)13(17)8-4-2-1-3-7(8)12(9)16;15-11-7-3-6-10-12(11)14(17)9-5-2-1-4-8(9)13(10)16;15-13-9-5-1-2-6-10(9)14(16)12-8-4-3-7-11(12)13;14-13-11-7-3-1-5-9(11)10-6-2-4-8-12(10)13;14-13(11-7-3-1-4-8-11)12-9-5-2-6-10-12/h2-9,19H,10H2,1H3;3-10H,1-2H3;1-4H;1-6,15,18H;1-7,15H;1-8H;1-8H;1-10H. The molecular formula is C113H74N8O23. The van der Waals surface area contributed by atoms with Gasteiger partial charge in [-0.05, 0) is 79.1 Å². The summed E-state index contributed by atoms with van der Waals surface area (Å²) in [6.07, 6.45) is 1.39. The number of nitro groups is 4. The SMILES string of the molecule is COc1cccc(-c2nnc(-c3cccc(CO)c3)o2)c1.Cc1ccc(C(=O)c2ccc(C)cc2)cc1.N#CN=C1c2cc([N+](=O)[O-])cc([N+](=O)[O-])c2-c2c1cc([N+](=O)[O-])cc2[N+](=O)[O-].O=C(c1ccccc1)c1ccccc1.O=C1c2ccccc2-c2ccccc21.O=C1c2ccccc2C(=O)c2c(O)cccc21.O=C1c2ccccc2C(=O)c2c1ccc(O)c2O.O=C1c2ccccc2C(=O)c2ccccc21. The van der Waals surface area contributed by atoms with Gasteiger partial charge in [0.1, 0.15) is 11.5 Å². The van der Waals surface area contributed by atoms with Crippen molar-refractivity contribution in [3.8, 4) is 74.4 Å². The highest BCUT2D eigenvalue weighted by Crippen LogP contribution is 2.51. The largest absolute Gasteiger partial charge is 0.507 e. The Labute approximate surface area is 817 Å². The molecule has 17 aromatic rings. The summed E-state index contributed by atoms with van der Waals surface area (Å²) in [5.41, 5.74) is 10.4. The first-order valence-corrected chi connectivity index (χ1v) is 43.7. The zero-order valence-corrected chi connectivity index (χ0v) is 75.9. The topological polar surface area (TPSA) is 491 Å². The van der Waals surface area contributed by atoms with Crippen molar-refractivity contribution in [3.05, 3.63) is 526 Å². The van der Waals surface area contributed by atoms with Crippen LogP contribution in [0.15, 0.2) is 367 Å². The second-order valence-electron chi connectivity index (χ2n) is 32.1. The van der Waals surface area contributed by atoms with Crippen molar-refractivity contribution < 1.29 is 92.4 Å². The Morgan fingerprint density at radius 2 is 0.667 bits per heavy atom. The third-order valence-electron chi connectivity index (χ3n) is 23.2. The number of aliphatic imine (C=N–C) groups is 1. The van der Waals surface area contributed by atoms with Crippen molar-refractivity contribution in [2.75, 3.05) is 7.11 Å². The van der Waals surface area contributed by atoms with Crippen LogP contribution >= 0.6 is 0 Å². The van der Waals surface area contributed by atoms with Crippen LogP contribution in [0.2, 0.25) is 0 Å². The fraction of sp³-hybridized carbons (Fsp3) is 0.0354. The number of phenols is 3. The molecule has 31 heteroatoms. The second kappa shape index (κ2) is 43.3. The maximum absolute atomic E-state index is 12.2. The third-order valence-corrected chi connectivity index (χ3v) is 23.2. The molecule has 0 amide bonds. The number of benzene rings is 16. The maximum Gasteiger partial charge on any atom is 0.285 e. The summed E-state index contributed by atoms with van der Waals surface area (Å²) in [5, 5.41) is 100. The summed E-state index contributed by atoms with van der Waals surface area (Å²) in [6, 6.07) is 101. The van der Waals surface area contributed by atoms with Crippen LogP contribution in [0.1, 0.15) is 171 Å². The minimum atomic E-state index is -0.976. The Balaban J connectivity index is 0.000000125. The number of aromatic hydroxyl groups is 3. The van der Waals surface area contributed by atoms with Gasteiger partial charge in [-0.2, -0.15) is 10.3 Å². The Morgan fingerprint density at radius 3 is 1.04 bits per heavy atom. The molecule has 16 aromatic carbocycles. The number of methoxy groups -OCH3 is 1. The molecule has 5 aliphatic carbocycles. The molecule has 0 bridgehead atoms. The van der Waals surface area contributed by atoms with E-state index in [0.717, 1.165) is 79.1 Å². The molecule has 0 fully saturated rings. The number of carbonyl (C=O) groups excluding carboxylic acids is 9. The summed E-state index contributed by atoms with van der Waals surface area (Å²) in [4.78, 5) is 153. The van der Waals surface area contributed by atoms with Crippen LogP contribution in [0.4, 0.5) is 22.7 Å². The van der Waals surface area contributed by atoms with Crippen molar-refractivity contribution >= 4 is 80.5 Å². The average molecular weight is 1910 g/mol. The molecule has 0 spiro atoms. The number of carbonyl (C=O) groups is 9. The number of ether oxygens (including phenoxy) is 1. The van der Waals surface area contributed by atoms with Gasteiger partial charge in [-0.15, -0.1) is 10.2 Å². The molecule has 31 nitrogen and oxygen atoms in total. The van der Waals surface area contributed by atoms with E-state index < -0.39 is 59.7 Å². The number of non-ortho nitro benzene ring substituents is 2. The molecule has 0 aliphatic heterocycles. The van der Waals surface area contributed by atoms with Gasteiger partial charge in [-0.3, -0.25) is 83.6 Å². The lowest BCUT2D eigenvalue weighted by Crippen LogP contribution is -2.20. The average Bonchev–Trinajstić information content (AvgIpc) is 1.59. The van der Waals surface area contributed by atoms with Gasteiger partial charge < -0.3 is 29.6 Å². The summed E-state index contributed by atoms with van der Waals surface area (Å²) < 4.78 is 10.9. The summed E-state index contributed by atoms with van der Waals surface area (Å²) in [6.45, 7) is 4.00. The molecule has 0 saturated carbocycles. The molecule has 0 saturated heterocycles. The number of rotatable bonds is 12. The van der Waals surface area contributed by atoms with Gasteiger partial charge in [0.2, 0.25) is 18.0 Å². The number of ketones is 9. The number of aryl methyl sites for hydroxylation is 2. The van der Waals surface area contributed by atoms with E-state index in [4.69, 9.17) is 19.5 Å². The number of fused-ring (bicyclic) bond motifs is 12. The van der Waals surface area contributed by atoms with Crippen molar-refractivity contribution in [2.24, 2.45) is 4.99 Å². The van der Waals surface area contributed by atoms with E-state index >= 15 is 0 Å². The van der Waals surface area contributed by atoms with Gasteiger partial charge in [-0.1, -0.05) is 296 Å². The normalized spacial score (nSPS) is 11.7. The number of nitriles is 1. The highest BCUT2D eigenvalue weighted by molar-refractivity contribution is 6.32. The Kier molecular flexibility index (Phi) is 29.5. The van der Waals surface area contributed by atoms with Crippen molar-refractivity contribution in [2.45, 2.75) is 20.5 Å². The first kappa shape index (κ1) is 98.1. The minimum Gasteiger partial charge on any atom is -0.507 e. The number of hydrogen-bond donors (Lipinski definition) is 4. The van der Waals surface area contributed by atoms with Crippen LogP contribution in [0.3, 0.4) is 0 Å². The second-order valence-corrected chi connectivity index (χ2v) is 32.1. The zero-order chi connectivity index (χ0) is 102. The van der Waals surface area contributed by atoms with Crippen LogP contribution in [0.5, 0.6) is 23.0 Å². The molecule has 5 aliphatic rings. The molecule has 0 radical (unpaired) electrons. The van der Waals surface area contributed by atoms with Crippen molar-refractivity contribution in [1.82, 2.24) is 10.2 Å². The Hall–Kier alpha value is -20.4. The van der Waals surface area contributed by atoms with E-state index in [-0.39, 0.29) is 114 Å². The number of aliphatic hydroxyl groups excluding tert-OH is 1. The van der Waals surface area contributed by atoms with Gasteiger partial charge in [0, 0.05) is 123 Å². The lowest BCUT2D eigenvalue weighted by atomic mass is 9.83. The van der Waals surface area contributed by atoms with Crippen LogP contribution in [-0.4, -0.2) is 115 Å². The zero-order valence-electron chi connectivity index (χ0n) is 75.9. The van der Waals surface area contributed by atoms with Gasteiger partial charge >= 0.3 is 0 Å². The fourth-order valence-electron chi connectivity index (χ4n) is 16.2. The van der Waals surface area contributed by atoms with E-state index in [1.165, 1.54) is 41.6 Å². The van der Waals surface area contributed by atoms with Gasteiger partial charge in [0.25, 0.3) is 22.7 Å². The highest BCUT2D eigenvalue weighted by atomic mass is 16.6. The lowest BCUT2D eigenvalue weighted by Gasteiger charge is -2.18. The number of hydrogen-bond acceptors (Lipinski definition) is 27. The Morgan fingerprint density at radius 1 is 0.340 bits per heavy atom. The molecule has 144 heavy (non-hydrogen) atoms. The van der Waals surface area contributed by atoms with Crippen LogP contribution in [-0.2, 0) is 6.61 Å². The van der Waals surface area contributed by atoms with Gasteiger partial charge in [0.15, 0.2) is 63.5 Å². The van der Waals surface area contributed by atoms with E-state index in [9.17, 15) is 98.9 Å². The van der Waals surface area contributed by atoms with E-state index in [1.807, 2.05) is 220 Å². The van der Waals surface area contributed by atoms with E-state index in [1.54, 1.807) is 110 Å². The summed E-state index contributed by atoms with van der Waals surface area (Å²) in [7, 11) is 1.61. The molecule has 0 atom stereocenters. The quantitative estimate of drug-likeness (QED) is 0.0290. The van der Waals surface area contributed by atoms with E-state index in [2.05, 4.69) is 15.2 Å². The monoisotopic (exact) mass is 1910 g/mol. The van der Waals surface area contributed by atoms with Crippen molar-refractivity contribution in [1.29, 1.82) is 5.26 Å². The van der Waals surface area contributed by atoms with Crippen LogP contribution in [0.25, 0.3) is 45.2 Å². The molecule has 1 aromatic heterocycles. The number of nitro benzene ring substituents is 4. The highest BCUT2D eigenvalue weighted by Gasteiger charge is 2.42. The first-order valence-electron chi connectivity index (χ1n) is 43.7. The Bertz CT molecular complexity index is 7800. The fourth-order valence-corrected chi connectivity index (χ4v) is 16.2. The third kappa shape index (κ3) is 20.7. The molecule has 22 rings (SSSR count). The minimum absolute atomic E-state index is 0.0231. The smallest absolute Gasteiger partial charge is 0.285 e. The van der Waals surface area contributed by atoms with Crippen molar-refractivity contribution in [3.63, 3.8) is 0 Å². The first-order chi connectivity index (χ1) is 69.5. The number of aromatic nitrogens is 2. The molecule has 0 unspecified atom stereocenters. The maximum atomic E-state index is 12.2. The number of aliphatic hydroxyl groups is 1. The summed E-state index contributed by atoms with van der Waals surface area (Å²) in [5.74, 6) is -0.622. The van der Waals surface area contributed by atoms with Gasteiger partial charge in [0.05, 0.1) is 73.5 Å². The molecule has 4 N–H and O–H groups in total. The number of phenolic OH excluding ortho intramolecular Hbond substituents is 3. The van der Waals surface area contributed by atoms with Crippen LogP contribution < -0.4 is 4.74 Å². The van der Waals surface area contributed by atoms with E-state index in [0.29, 0.717) is 62.9 Å². The molecule has 704 valence electrons.